The van der Waals surface area contributed by atoms with Crippen LogP contribution in [0, 0.1) is 0 Å². The summed E-state index contributed by atoms with van der Waals surface area (Å²) in [4.78, 5) is 21.6. The second-order valence-electron chi connectivity index (χ2n) is 7.47. The van der Waals surface area contributed by atoms with Crippen molar-refractivity contribution in [3.63, 3.8) is 0 Å². The van der Waals surface area contributed by atoms with Crippen LogP contribution in [0.4, 0.5) is 0 Å². The summed E-state index contributed by atoms with van der Waals surface area (Å²) in [5.41, 5.74) is 7.92. The number of hydrogen-bond donors (Lipinski definition) is 6. The van der Waals surface area contributed by atoms with Crippen LogP contribution in [-0.2, 0) is 20.9 Å². The van der Waals surface area contributed by atoms with E-state index >= 15 is 0 Å². The molecule has 2 aromatic carbocycles. The minimum absolute atomic E-state index is 0.0505. The molecule has 0 saturated carbocycles. The monoisotopic (exact) mass is 522 g/mol. The molecule has 0 aliphatic heterocycles. The number of ether oxygens (including phenoxy) is 1. The first-order valence-electron chi connectivity index (χ1n) is 11.8. The van der Waals surface area contributed by atoms with E-state index in [1.807, 2.05) is 55.5 Å². The lowest BCUT2D eigenvalue weighted by Gasteiger charge is -2.26. The molecule has 2 rings (SSSR count). The van der Waals surface area contributed by atoms with Crippen LogP contribution in [0.5, 0.6) is 0 Å². The van der Waals surface area contributed by atoms with E-state index in [1.54, 1.807) is 0 Å². The third kappa shape index (κ3) is 18.6. The fourth-order valence-corrected chi connectivity index (χ4v) is 3.49. The number of rotatable bonds is 14. The third-order valence-corrected chi connectivity index (χ3v) is 5.39. The van der Waals surface area contributed by atoms with E-state index in [0.29, 0.717) is 32.6 Å². The summed E-state index contributed by atoms with van der Waals surface area (Å²) >= 11 is 0. The molecule has 202 valence electrons. The number of nitrogens with one attached hydrogen (secondary N) is 2. The van der Waals surface area contributed by atoms with Gasteiger partial charge in [-0.15, -0.1) is 0 Å². The van der Waals surface area contributed by atoms with Gasteiger partial charge in [-0.1, -0.05) is 84.1 Å². The van der Waals surface area contributed by atoms with Crippen molar-refractivity contribution >= 4 is 28.9 Å². The van der Waals surface area contributed by atoms with Crippen LogP contribution in [-0.4, -0.2) is 41.6 Å². The Kier molecular flexibility index (Phi) is 19.9. The molecule has 0 aliphatic rings. The Bertz CT molecular complexity index is 846. The normalized spacial score (nSPS) is 11.2. The minimum Gasteiger partial charge on any atom is -0.463 e. The van der Waals surface area contributed by atoms with Gasteiger partial charge in [0.2, 0.25) is 5.91 Å². The van der Waals surface area contributed by atoms with E-state index < -0.39 is 11.0 Å². The molecular formula is C26H42N4O5S. The van der Waals surface area contributed by atoms with E-state index in [2.05, 4.69) is 38.7 Å². The van der Waals surface area contributed by atoms with Crippen molar-refractivity contribution in [2.24, 2.45) is 10.9 Å². The molecule has 1 amide bonds. The van der Waals surface area contributed by atoms with Crippen molar-refractivity contribution in [2.75, 3.05) is 20.1 Å². The molecule has 0 aliphatic carbocycles. The van der Waals surface area contributed by atoms with Crippen LogP contribution in [0.3, 0.4) is 0 Å². The van der Waals surface area contributed by atoms with E-state index in [1.165, 1.54) is 18.2 Å². The summed E-state index contributed by atoms with van der Waals surface area (Å²) in [6.45, 7) is 3.89. The Morgan fingerprint density at radius 2 is 1.56 bits per heavy atom. The lowest BCUT2D eigenvalue weighted by atomic mass is 10.0. The molecule has 0 fully saturated rings. The molecule has 0 unspecified atom stereocenters. The molecule has 0 saturated heterocycles. The Morgan fingerprint density at radius 3 is 2.11 bits per heavy atom. The Balaban J connectivity index is 0.000000845. The number of unbranched alkanes of at least 4 members (excludes halogenated alkanes) is 2. The molecule has 0 aromatic heterocycles. The van der Waals surface area contributed by atoms with Crippen molar-refractivity contribution in [2.45, 2.75) is 45.6 Å². The smallest absolute Gasteiger partial charge is 0.293 e. The van der Waals surface area contributed by atoms with Crippen molar-refractivity contribution in [3.05, 3.63) is 77.9 Å². The number of carbonyl (C=O) groups excluding carboxylic acids is 2. The fraction of sp³-hybridized carbons (Fsp3) is 0.385. The average Bonchev–Trinajstić information content (AvgIpc) is 2.89. The van der Waals surface area contributed by atoms with Crippen molar-refractivity contribution in [3.8, 4) is 0 Å². The Morgan fingerprint density at radius 1 is 0.944 bits per heavy atom. The van der Waals surface area contributed by atoms with Gasteiger partial charge >= 0.3 is 0 Å². The number of amides is 1. The molecule has 2 aromatic rings. The van der Waals surface area contributed by atoms with Gasteiger partial charge in [0.15, 0.2) is 0 Å². The van der Waals surface area contributed by atoms with E-state index in [-0.39, 0.29) is 5.91 Å². The van der Waals surface area contributed by atoms with Gasteiger partial charge in [0.25, 0.3) is 6.47 Å². The van der Waals surface area contributed by atoms with E-state index in [0.717, 1.165) is 31.2 Å². The summed E-state index contributed by atoms with van der Waals surface area (Å²) in [6.07, 6.45) is 5.72. The summed E-state index contributed by atoms with van der Waals surface area (Å²) in [7, 11) is -1.61. The molecule has 0 atom stereocenters. The fourth-order valence-electron chi connectivity index (χ4n) is 3.05. The molecule has 8 N–H and O–H groups in total. The SMILES string of the molecule is C/C=C(/CCNC(=O)CCCCCNS(N)(O)O)c1ccccc1.CN.O=COCc1ccccc1. The first-order valence-corrected chi connectivity index (χ1v) is 13.4. The van der Waals surface area contributed by atoms with Crippen LogP contribution in [0.2, 0.25) is 0 Å². The summed E-state index contributed by atoms with van der Waals surface area (Å²) in [6, 6.07) is 19.7. The van der Waals surface area contributed by atoms with E-state index in [4.69, 9.17) is 14.2 Å². The van der Waals surface area contributed by atoms with Gasteiger partial charge in [-0.3, -0.25) is 18.7 Å². The van der Waals surface area contributed by atoms with Crippen molar-refractivity contribution in [1.29, 1.82) is 0 Å². The molecule has 0 heterocycles. The number of benzene rings is 2. The zero-order valence-electron chi connectivity index (χ0n) is 21.3. The van der Waals surface area contributed by atoms with Gasteiger partial charge in [0, 0.05) is 19.5 Å². The van der Waals surface area contributed by atoms with Crippen molar-refractivity contribution < 1.29 is 23.4 Å². The zero-order valence-corrected chi connectivity index (χ0v) is 22.1. The third-order valence-electron chi connectivity index (χ3n) is 4.77. The van der Waals surface area contributed by atoms with Crippen LogP contribution < -0.4 is 20.9 Å². The maximum atomic E-state index is 11.8. The van der Waals surface area contributed by atoms with Crippen LogP contribution in [0.25, 0.3) is 5.57 Å². The molecule has 9 nitrogen and oxygen atoms in total. The van der Waals surface area contributed by atoms with Gasteiger partial charge in [-0.25, -0.2) is 9.86 Å². The lowest BCUT2D eigenvalue weighted by molar-refractivity contribution is -0.129. The van der Waals surface area contributed by atoms with Gasteiger partial charge < -0.3 is 15.8 Å². The van der Waals surface area contributed by atoms with Gasteiger partial charge in [0.05, 0.1) is 0 Å². The lowest BCUT2D eigenvalue weighted by Crippen LogP contribution is -2.27. The molecular weight excluding hydrogens is 480 g/mol. The highest BCUT2D eigenvalue weighted by Crippen LogP contribution is 2.21. The number of carbonyl (C=O) groups is 2. The first-order chi connectivity index (χ1) is 17.4. The van der Waals surface area contributed by atoms with E-state index in [9.17, 15) is 9.59 Å². The summed E-state index contributed by atoms with van der Waals surface area (Å²) < 4.78 is 24.9. The second-order valence-corrected chi connectivity index (χ2v) is 8.95. The van der Waals surface area contributed by atoms with Gasteiger partial charge in [0.1, 0.15) is 6.61 Å². The van der Waals surface area contributed by atoms with Crippen molar-refractivity contribution in [1.82, 2.24) is 10.0 Å². The van der Waals surface area contributed by atoms with Crippen LogP contribution in [0.15, 0.2) is 66.7 Å². The largest absolute Gasteiger partial charge is 0.463 e. The maximum absolute atomic E-state index is 11.8. The molecule has 0 bridgehead atoms. The number of allylic oxidation sites excluding steroid dienone is 1. The molecule has 10 heteroatoms. The van der Waals surface area contributed by atoms with Crippen LogP contribution >= 0.6 is 11.0 Å². The highest BCUT2D eigenvalue weighted by Gasteiger charge is 2.05. The second kappa shape index (κ2) is 21.5. The Hall–Kier alpha value is -2.73. The highest BCUT2D eigenvalue weighted by molar-refractivity contribution is 8.20. The average molecular weight is 523 g/mol. The Labute approximate surface area is 216 Å². The molecule has 0 radical (unpaired) electrons. The standard InChI is InChI=1S/C17H29N3O3S.C8H8O2.CH5N/c1-2-15(16-9-5-3-6-10-16)12-14-19-17(21)11-7-4-8-13-20-24(18,22)23;9-7-10-6-8-4-2-1-3-5-8;1-2/h2-3,5-6,9-10,20,22-23H,4,7-8,11-14,18H2,1H3,(H,19,21);1-5,7H,6H2;2H2,1H3/b15-2-;;. The quantitative estimate of drug-likeness (QED) is 0.159. The van der Waals surface area contributed by atoms with Crippen LogP contribution in [0.1, 0.15) is 50.2 Å². The topological polar surface area (TPSA) is 160 Å². The first kappa shape index (κ1) is 33.3. The highest BCUT2D eigenvalue weighted by atomic mass is 32.3. The predicted octanol–water partition coefficient (Wildman–Crippen LogP) is 4.22. The predicted molar refractivity (Wildman–Crippen MR) is 149 cm³/mol. The molecule has 36 heavy (non-hydrogen) atoms. The molecule has 0 spiro atoms. The summed E-state index contributed by atoms with van der Waals surface area (Å²) in [5, 5.41) is 7.99. The number of nitrogens with two attached hydrogens (primary N) is 2. The zero-order chi connectivity index (χ0) is 27.1. The minimum atomic E-state index is -3.11. The number of hydrogen-bond acceptors (Lipinski definition) is 8. The van der Waals surface area contributed by atoms with Gasteiger partial charge in [-0.2, -0.15) is 0 Å². The maximum Gasteiger partial charge on any atom is 0.293 e. The van der Waals surface area contributed by atoms with Gasteiger partial charge in [-0.05, 0) is 49.9 Å². The summed E-state index contributed by atoms with van der Waals surface area (Å²) in [5.74, 6) is 0.0505.